The first-order valence-corrected chi connectivity index (χ1v) is 3.90. The number of hydrogen-bond donors (Lipinski definition) is 0. The van der Waals surface area contributed by atoms with Crippen LogP contribution in [0.5, 0.6) is 0 Å². The van der Waals surface area contributed by atoms with Gasteiger partial charge in [-0.2, -0.15) is 0 Å². The Kier molecular flexibility index (Phi) is 2.82. The van der Waals surface area contributed by atoms with Crippen molar-refractivity contribution in [2.45, 2.75) is 38.5 Å². The molecule has 0 atom stereocenters. The zero-order valence-electron chi connectivity index (χ0n) is 6.03. The molecule has 0 spiro atoms. The summed E-state index contributed by atoms with van der Waals surface area (Å²) in [5.74, 6) is 0. The lowest BCUT2D eigenvalue weighted by Gasteiger charge is -2.05. The van der Waals surface area contributed by atoms with Gasteiger partial charge in [0.2, 0.25) is 0 Å². The molecule has 0 bridgehead atoms. The summed E-state index contributed by atoms with van der Waals surface area (Å²) in [6, 6.07) is 0. The van der Waals surface area contributed by atoms with Gasteiger partial charge in [-0.05, 0) is 32.6 Å². The summed E-state index contributed by atoms with van der Waals surface area (Å²) in [6.07, 6.45) is 10.4. The fourth-order valence-corrected chi connectivity index (χ4v) is 1.26. The maximum Gasteiger partial charge on any atom is -0.0283 e. The van der Waals surface area contributed by atoms with E-state index in [1.807, 2.05) is 0 Å². The van der Waals surface area contributed by atoms with Crippen molar-refractivity contribution in [3.8, 4) is 0 Å². The van der Waals surface area contributed by atoms with E-state index in [4.69, 9.17) is 0 Å². The number of allylic oxidation sites excluding steroid dienone is 2. The third-order valence-corrected chi connectivity index (χ3v) is 1.89. The Morgan fingerprint density at radius 1 is 1.11 bits per heavy atom. The summed E-state index contributed by atoms with van der Waals surface area (Å²) in [5, 5.41) is 0. The first-order valence-electron chi connectivity index (χ1n) is 3.90. The fourth-order valence-electron chi connectivity index (χ4n) is 1.26. The molecule has 0 saturated heterocycles. The molecule has 0 saturated carbocycles. The highest BCUT2D eigenvalue weighted by molar-refractivity contribution is 5.05. The van der Waals surface area contributed by atoms with Crippen LogP contribution >= 0.6 is 0 Å². The van der Waals surface area contributed by atoms with Crippen LogP contribution in [0.3, 0.4) is 0 Å². The van der Waals surface area contributed by atoms with Gasteiger partial charge in [0.25, 0.3) is 0 Å². The molecule has 0 aliphatic heterocycles. The average Bonchev–Trinajstić information content (AvgIpc) is 1.79. The van der Waals surface area contributed by atoms with Gasteiger partial charge in [-0.1, -0.05) is 24.5 Å². The SMILES string of the molecule is [CH2]/C1=C/CCCCCC1. The van der Waals surface area contributed by atoms with Gasteiger partial charge in [0.1, 0.15) is 0 Å². The average molecular weight is 123 g/mol. The van der Waals surface area contributed by atoms with Crippen LogP contribution in [-0.2, 0) is 0 Å². The molecule has 0 heterocycles. The molecular formula is C9H15. The van der Waals surface area contributed by atoms with E-state index in [0.717, 1.165) is 0 Å². The second-order valence-electron chi connectivity index (χ2n) is 2.82. The summed E-state index contributed by atoms with van der Waals surface area (Å²) in [7, 11) is 0. The van der Waals surface area contributed by atoms with Crippen LogP contribution < -0.4 is 0 Å². The molecule has 1 radical (unpaired) electrons. The third-order valence-electron chi connectivity index (χ3n) is 1.89. The van der Waals surface area contributed by atoms with Crippen LogP contribution in [0, 0.1) is 6.92 Å². The summed E-state index contributed by atoms with van der Waals surface area (Å²) < 4.78 is 0. The van der Waals surface area contributed by atoms with E-state index in [0.29, 0.717) is 0 Å². The Morgan fingerprint density at radius 2 is 1.89 bits per heavy atom. The fraction of sp³-hybridized carbons (Fsp3) is 0.667. The summed E-state index contributed by atoms with van der Waals surface area (Å²) >= 11 is 0. The number of hydrogen-bond acceptors (Lipinski definition) is 0. The maximum atomic E-state index is 3.96. The molecule has 1 aliphatic rings. The lowest BCUT2D eigenvalue weighted by molar-refractivity contribution is 0.629. The summed E-state index contributed by atoms with van der Waals surface area (Å²) in [6.45, 7) is 3.96. The van der Waals surface area contributed by atoms with E-state index in [9.17, 15) is 0 Å². The molecule has 0 aromatic heterocycles. The van der Waals surface area contributed by atoms with E-state index in [2.05, 4.69) is 13.0 Å². The zero-order valence-corrected chi connectivity index (χ0v) is 6.03. The molecule has 1 rings (SSSR count). The predicted molar refractivity (Wildman–Crippen MR) is 41.1 cm³/mol. The highest BCUT2D eigenvalue weighted by atomic mass is 14.0. The van der Waals surface area contributed by atoms with Gasteiger partial charge in [-0.15, -0.1) is 0 Å². The van der Waals surface area contributed by atoms with Crippen LogP contribution in [0.4, 0.5) is 0 Å². The van der Waals surface area contributed by atoms with Crippen LogP contribution in [0.25, 0.3) is 0 Å². The molecule has 0 unspecified atom stereocenters. The number of rotatable bonds is 0. The van der Waals surface area contributed by atoms with Gasteiger partial charge in [0.15, 0.2) is 0 Å². The largest absolute Gasteiger partial charge is 0.0853 e. The Hall–Kier alpha value is -0.260. The van der Waals surface area contributed by atoms with E-state index >= 15 is 0 Å². The topological polar surface area (TPSA) is 0 Å². The molecule has 1 aliphatic carbocycles. The Labute approximate surface area is 58.0 Å². The van der Waals surface area contributed by atoms with Crippen LogP contribution in [0.15, 0.2) is 11.6 Å². The smallest absolute Gasteiger partial charge is 0.0283 e. The highest BCUT2D eigenvalue weighted by Crippen LogP contribution is 2.15. The van der Waals surface area contributed by atoms with E-state index in [-0.39, 0.29) is 0 Å². The highest BCUT2D eigenvalue weighted by Gasteiger charge is 1.95. The van der Waals surface area contributed by atoms with Crippen molar-refractivity contribution in [3.63, 3.8) is 0 Å². The van der Waals surface area contributed by atoms with Crippen molar-refractivity contribution in [1.29, 1.82) is 0 Å². The van der Waals surface area contributed by atoms with Crippen molar-refractivity contribution in [2.24, 2.45) is 0 Å². The molecule has 0 aromatic rings. The van der Waals surface area contributed by atoms with Crippen molar-refractivity contribution in [1.82, 2.24) is 0 Å². The molecule has 0 N–H and O–H groups in total. The molecule has 51 valence electrons. The monoisotopic (exact) mass is 123 g/mol. The van der Waals surface area contributed by atoms with Crippen molar-refractivity contribution >= 4 is 0 Å². The van der Waals surface area contributed by atoms with E-state index in [1.165, 1.54) is 44.1 Å². The molecule has 0 heteroatoms. The van der Waals surface area contributed by atoms with E-state index < -0.39 is 0 Å². The quantitative estimate of drug-likeness (QED) is 0.464. The second kappa shape index (κ2) is 3.71. The molecular weight excluding hydrogens is 108 g/mol. The second-order valence-corrected chi connectivity index (χ2v) is 2.82. The normalized spacial score (nSPS) is 27.9. The Morgan fingerprint density at radius 3 is 2.78 bits per heavy atom. The van der Waals surface area contributed by atoms with Crippen molar-refractivity contribution < 1.29 is 0 Å². The lowest BCUT2D eigenvalue weighted by atomic mass is 10.0. The minimum Gasteiger partial charge on any atom is -0.0853 e. The summed E-state index contributed by atoms with van der Waals surface area (Å²) in [5.41, 5.74) is 1.36. The minimum absolute atomic E-state index is 1.24. The van der Waals surface area contributed by atoms with Gasteiger partial charge < -0.3 is 0 Å². The first kappa shape index (κ1) is 6.85. The molecule has 0 amide bonds. The molecule has 0 nitrogen and oxygen atoms in total. The first-order chi connectivity index (χ1) is 4.39. The third kappa shape index (κ3) is 2.69. The van der Waals surface area contributed by atoms with Gasteiger partial charge in [-0.3, -0.25) is 0 Å². The van der Waals surface area contributed by atoms with Gasteiger partial charge in [0.05, 0.1) is 0 Å². The molecule has 9 heavy (non-hydrogen) atoms. The van der Waals surface area contributed by atoms with Gasteiger partial charge >= 0.3 is 0 Å². The molecule has 0 aromatic carbocycles. The zero-order chi connectivity index (χ0) is 6.53. The van der Waals surface area contributed by atoms with Crippen molar-refractivity contribution in [3.05, 3.63) is 18.6 Å². The van der Waals surface area contributed by atoms with E-state index in [1.54, 1.807) is 0 Å². The maximum absolute atomic E-state index is 3.96. The Bertz CT molecular complexity index is 101. The molecule has 0 fully saturated rings. The predicted octanol–water partition coefficient (Wildman–Crippen LogP) is 3.10. The lowest BCUT2D eigenvalue weighted by Crippen LogP contribution is -1.85. The summed E-state index contributed by atoms with van der Waals surface area (Å²) in [4.78, 5) is 0. The van der Waals surface area contributed by atoms with Crippen molar-refractivity contribution in [2.75, 3.05) is 0 Å². The van der Waals surface area contributed by atoms with Gasteiger partial charge in [0, 0.05) is 0 Å². The Balaban J connectivity index is 2.32. The van der Waals surface area contributed by atoms with Gasteiger partial charge in [-0.25, -0.2) is 0 Å². The standard InChI is InChI=1S/C9H15/c1-9-7-5-3-2-4-6-8-9/h7H,1-6,8H2/b9-7-. The minimum atomic E-state index is 1.24. The van der Waals surface area contributed by atoms with Crippen LogP contribution in [0.2, 0.25) is 0 Å². The van der Waals surface area contributed by atoms with Crippen LogP contribution in [-0.4, -0.2) is 0 Å². The van der Waals surface area contributed by atoms with Crippen LogP contribution in [0.1, 0.15) is 38.5 Å².